The molecule has 0 spiro atoms. The number of aromatic nitrogens is 2. The van der Waals surface area contributed by atoms with Gasteiger partial charge in [-0.15, -0.1) is 21.5 Å². The molecule has 4 rings (SSSR count). The number of thiophene rings is 1. The Labute approximate surface area is 144 Å². The predicted octanol–water partition coefficient (Wildman–Crippen LogP) is 2.35. The van der Waals surface area contributed by atoms with Gasteiger partial charge >= 0.3 is 6.03 Å². The van der Waals surface area contributed by atoms with Gasteiger partial charge in [-0.05, 0) is 37.8 Å². The van der Waals surface area contributed by atoms with Crippen molar-refractivity contribution in [2.24, 2.45) is 0 Å². The van der Waals surface area contributed by atoms with E-state index in [9.17, 15) is 4.79 Å². The molecule has 2 atom stereocenters. The third kappa shape index (κ3) is 2.91. The Kier molecular flexibility index (Phi) is 4.24. The van der Waals surface area contributed by atoms with Gasteiger partial charge in [-0.3, -0.25) is 4.90 Å². The van der Waals surface area contributed by atoms with Crippen LogP contribution in [-0.2, 0) is 0 Å². The third-order valence-corrected chi connectivity index (χ3v) is 5.69. The number of hydrogen-bond acceptors (Lipinski definition) is 6. The summed E-state index contributed by atoms with van der Waals surface area (Å²) < 4.78 is 5.88. The van der Waals surface area contributed by atoms with Crippen molar-refractivity contribution in [3.05, 3.63) is 23.4 Å². The molecule has 0 bridgehead atoms. The van der Waals surface area contributed by atoms with Crippen molar-refractivity contribution in [2.45, 2.75) is 31.8 Å². The average molecular weight is 347 g/mol. The summed E-state index contributed by atoms with van der Waals surface area (Å²) in [5, 5.41) is 13.3. The lowest BCUT2D eigenvalue weighted by Gasteiger charge is -2.38. The molecule has 1 N–H and O–H groups in total. The van der Waals surface area contributed by atoms with Gasteiger partial charge in [0.25, 0.3) is 5.89 Å². The van der Waals surface area contributed by atoms with Crippen molar-refractivity contribution in [1.29, 1.82) is 0 Å². The largest absolute Gasteiger partial charge is 0.418 e. The van der Waals surface area contributed by atoms with E-state index in [1.807, 2.05) is 22.4 Å². The Morgan fingerprint density at radius 3 is 3.08 bits per heavy atom. The van der Waals surface area contributed by atoms with Crippen LogP contribution in [0.15, 0.2) is 21.9 Å². The van der Waals surface area contributed by atoms with Crippen LogP contribution < -0.4 is 5.32 Å². The summed E-state index contributed by atoms with van der Waals surface area (Å²) in [7, 11) is 0. The Morgan fingerprint density at radius 2 is 2.33 bits per heavy atom. The van der Waals surface area contributed by atoms with Crippen LogP contribution in [0.1, 0.15) is 31.7 Å². The van der Waals surface area contributed by atoms with Gasteiger partial charge in [0.05, 0.1) is 10.9 Å². The Bertz CT molecular complexity index is 701. The van der Waals surface area contributed by atoms with Crippen LogP contribution in [-0.4, -0.2) is 58.2 Å². The minimum absolute atomic E-state index is 0.0553. The van der Waals surface area contributed by atoms with Gasteiger partial charge in [0.1, 0.15) is 0 Å². The number of amides is 2. The number of nitrogens with zero attached hydrogens (tertiary/aromatic N) is 4. The highest BCUT2D eigenvalue weighted by atomic mass is 32.1. The molecule has 2 aromatic rings. The monoisotopic (exact) mass is 347 g/mol. The molecule has 2 aliphatic heterocycles. The molecule has 2 amide bonds. The first-order valence-electron chi connectivity index (χ1n) is 8.38. The molecule has 2 aromatic heterocycles. The van der Waals surface area contributed by atoms with E-state index in [0.717, 1.165) is 43.9 Å². The number of piperidine rings is 1. The van der Waals surface area contributed by atoms with E-state index in [1.54, 1.807) is 11.3 Å². The number of rotatable bonds is 4. The first kappa shape index (κ1) is 15.6. The standard InChI is InChI=1S/C16H21N5O2S/c1-11(14-18-19-15(23-14)13-5-3-9-24-13)20-7-2-4-12(10-20)21-8-6-17-16(21)22/h3,5,9,11-12H,2,4,6-8,10H2,1H3,(H,17,22)/t11-,12-/m0/s1. The molecule has 24 heavy (non-hydrogen) atoms. The lowest BCUT2D eigenvalue weighted by Crippen LogP contribution is -2.49. The summed E-state index contributed by atoms with van der Waals surface area (Å²) in [6.45, 7) is 5.49. The van der Waals surface area contributed by atoms with Gasteiger partial charge in [-0.2, -0.15) is 0 Å². The molecule has 4 heterocycles. The van der Waals surface area contributed by atoms with E-state index in [1.165, 1.54) is 0 Å². The number of carbonyl (C=O) groups excluding carboxylic acids is 1. The molecular formula is C16H21N5O2S. The second-order valence-corrected chi connectivity index (χ2v) is 7.26. The number of urea groups is 1. The summed E-state index contributed by atoms with van der Waals surface area (Å²) in [6, 6.07) is 4.34. The Morgan fingerprint density at radius 1 is 1.42 bits per heavy atom. The van der Waals surface area contributed by atoms with E-state index < -0.39 is 0 Å². The van der Waals surface area contributed by atoms with Crippen LogP contribution in [0.25, 0.3) is 10.8 Å². The fourth-order valence-electron chi connectivity index (χ4n) is 3.48. The third-order valence-electron chi connectivity index (χ3n) is 4.84. The van der Waals surface area contributed by atoms with Crippen molar-refractivity contribution in [3.63, 3.8) is 0 Å². The molecule has 2 fully saturated rings. The highest BCUT2D eigenvalue weighted by Crippen LogP contribution is 2.29. The normalized spacial score (nSPS) is 23.5. The molecule has 0 unspecified atom stereocenters. The molecule has 8 heteroatoms. The van der Waals surface area contributed by atoms with Crippen molar-refractivity contribution >= 4 is 17.4 Å². The molecule has 2 saturated heterocycles. The van der Waals surface area contributed by atoms with Crippen LogP contribution in [0.3, 0.4) is 0 Å². The summed E-state index contributed by atoms with van der Waals surface area (Å²) in [4.78, 5) is 17.2. The van der Waals surface area contributed by atoms with Gasteiger partial charge < -0.3 is 14.6 Å². The highest BCUT2D eigenvalue weighted by Gasteiger charge is 2.34. The average Bonchev–Trinajstić information content (AvgIpc) is 3.35. The van der Waals surface area contributed by atoms with Crippen LogP contribution in [0.4, 0.5) is 4.79 Å². The maximum atomic E-state index is 11.9. The van der Waals surface area contributed by atoms with Crippen LogP contribution in [0.5, 0.6) is 0 Å². The molecule has 0 radical (unpaired) electrons. The molecule has 0 aromatic carbocycles. The van der Waals surface area contributed by atoms with Gasteiger partial charge in [0.15, 0.2) is 0 Å². The van der Waals surface area contributed by atoms with Gasteiger partial charge in [-0.25, -0.2) is 4.79 Å². The van der Waals surface area contributed by atoms with E-state index in [4.69, 9.17) is 4.42 Å². The van der Waals surface area contributed by atoms with E-state index in [2.05, 4.69) is 27.3 Å². The van der Waals surface area contributed by atoms with Crippen molar-refractivity contribution in [2.75, 3.05) is 26.2 Å². The fourth-order valence-corrected chi connectivity index (χ4v) is 4.13. The van der Waals surface area contributed by atoms with E-state index >= 15 is 0 Å². The molecule has 0 saturated carbocycles. The minimum Gasteiger partial charge on any atom is -0.418 e. The molecular weight excluding hydrogens is 326 g/mol. The second-order valence-electron chi connectivity index (χ2n) is 6.32. The van der Waals surface area contributed by atoms with Gasteiger partial charge in [-0.1, -0.05) is 6.07 Å². The number of carbonyl (C=O) groups is 1. The van der Waals surface area contributed by atoms with Crippen LogP contribution >= 0.6 is 11.3 Å². The first-order chi connectivity index (χ1) is 11.7. The number of likely N-dealkylation sites (tertiary alicyclic amines) is 1. The zero-order chi connectivity index (χ0) is 16.5. The zero-order valence-corrected chi connectivity index (χ0v) is 14.5. The Hall–Kier alpha value is -1.93. The fraction of sp³-hybridized carbons (Fsp3) is 0.562. The van der Waals surface area contributed by atoms with Crippen molar-refractivity contribution < 1.29 is 9.21 Å². The van der Waals surface area contributed by atoms with Crippen molar-refractivity contribution in [3.8, 4) is 10.8 Å². The number of nitrogens with one attached hydrogen (secondary N) is 1. The predicted molar refractivity (Wildman–Crippen MR) is 90.7 cm³/mol. The molecule has 0 aliphatic carbocycles. The lowest BCUT2D eigenvalue weighted by atomic mass is 10.0. The quantitative estimate of drug-likeness (QED) is 0.919. The second kappa shape index (κ2) is 6.52. The lowest BCUT2D eigenvalue weighted by molar-refractivity contribution is 0.0904. The van der Waals surface area contributed by atoms with Crippen molar-refractivity contribution in [1.82, 2.24) is 25.3 Å². The van der Waals surface area contributed by atoms with E-state index in [-0.39, 0.29) is 18.1 Å². The SMILES string of the molecule is C[C@@H](c1nnc(-c2cccs2)o1)N1CCC[C@H](N2CCNC2=O)C1. The number of hydrogen-bond donors (Lipinski definition) is 1. The summed E-state index contributed by atoms with van der Waals surface area (Å²) in [5.41, 5.74) is 0. The smallest absolute Gasteiger partial charge is 0.317 e. The molecule has 2 aliphatic rings. The van der Waals surface area contributed by atoms with Gasteiger partial charge in [0.2, 0.25) is 5.89 Å². The zero-order valence-electron chi connectivity index (χ0n) is 13.6. The minimum atomic E-state index is 0.0553. The maximum Gasteiger partial charge on any atom is 0.317 e. The molecule has 7 nitrogen and oxygen atoms in total. The first-order valence-corrected chi connectivity index (χ1v) is 9.26. The van der Waals surface area contributed by atoms with E-state index in [0.29, 0.717) is 11.8 Å². The Balaban J connectivity index is 1.46. The summed E-state index contributed by atoms with van der Waals surface area (Å²) in [6.07, 6.45) is 2.13. The van der Waals surface area contributed by atoms with Gasteiger partial charge in [0, 0.05) is 25.7 Å². The summed E-state index contributed by atoms with van der Waals surface area (Å²) in [5.74, 6) is 1.23. The highest BCUT2D eigenvalue weighted by molar-refractivity contribution is 7.13. The topological polar surface area (TPSA) is 74.5 Å². The van der Waals surface area contributed by atoms with Crippen LogP contribution in [0, 0.1) is 0 Å². The molecule has 128 valence electrons. The summed E-state index contributed by atoms with van der Waals surface area (Å²) >= 11 is 1.59. The van der Waals surface area contributed by atoms with Crippen LogP contribution in [0.2, 0.25) is 0 Å². The maximum absolute atomic E-state index is 11.9.